The van der Waals surface area contributed by atoms with Gasteiger partial charge in [0.1, 0.15) is 4.88 Å². The average Bonchev–Trinajstić information content (AvgIpc) is 3.02. The van der Waals surface area contributed by atoms with Crippen LogP contribution in [0.25, 0.3) is 0 Å². The summed E-state index contributed by atoms with van der Waals surface area (Å²) in [6.07, 6.45) is 3.03. The van der Waals surface area contributed by atoms with Crippen LogP contribution in [0, 0.1) is 6.92 Å². The van der Waals surface area contributed by atoms with E-state index in [1.165, 1.54) is 23.1 Å². The Hall–Kier alpha value is -1.34. The van der Waals surface area contributed by atoms with Crippen LogP contribution in [0.1, 0.15) is 47.4 Å². The van der Waals surface area contributed by atoms with Gasteiger partial charge < -0.3 is 5.11 Å². The highest BCUT2D eigenvalue weighted by Gasteiger charge is 2.14. The van der Waals surface area contributed by atoms with Crippen molar-refractivity contribution in [2.45, 2.75) is 43.3 Å². The minimum Gasteiger partial charge on any atom is -0.477 e. The van der Waals surface area contributed by atoms with Crippen molar-refractivity contribution < 1.29 is 9.90 Å². The van der Waals surface area contributed by atoms with Crippen molar-refractivity contribution in [2.24, 2.45) is 0 Å². The first-order valence-corrected chi connectivity index (χ1v) is 8.19. The lowest BCUT2D eigenvalue weighted by Crippen LogP contribution is -2.04. The van der Waals surface area contributed by atoms with E-state index in [0.717, 1.165) is 16.5 Å². The molecule has 2 aromatic heterocycles. The van der Waals surface area contributed by atoms with Crippen LogP contribution in [0.2, 0.25) is 0 Å². The molecule has 0 aliphatic heterocycles. The number of carbonyl (C=O) groups is 1. The molecule has 0 fully saturated rings. The van der Waals surface area contributed by atoms with Crippen LogP contribution in [0.5, 0.6) is 0 Å². The quantitative estimate of drug-likeness (QED) is 0.825. The Balaban J connectivity index is 2.00. The van der Waals surface area contributed by atoms with E-state index in [9.17, 15) is 4.79 Å². The zero-order valence-electron chi connectivity index (χ0n) is 11.7. The molecule has 0 bridgehead atoms. The predicted molar refractivity (Wildman–Crippen MR) is 80.6 cm³/mol. The number of carboxylic acids is 1. The fraction of sp³-hybridized carbons (Fsp3) is 0.462. The van der Waals surface area contributed by atoms with Gasteiger partial charge in [0.2, 0.25) is 0 Å². The van der Waals surface area contributed by atoms with Gasteiger partial charge in [0.15, 0.2) is 4.34 Å². The van der Waals surface area contributed by atoms with Crippen molar-refractivity contribution in [3.8, 4) is 0 Å². The topological polar surface area (TPSA) is 68.0 Å². The van der Waals surface area contributed by atoms with Crippen molar-refractivity contribution in [1.29, 1.82) is 0 Å². The molecule has 2 rings (SSSR count). The molecule has 0 aliphatic carbocycles. The van der Waals surface area contributed by atoms with Gasteiger partial charge in [-0.15, -0.1) is 11.3 Å². The molecule has 108 valence electrons. The first-order valence-electron chi connectivity index (χ1n) is 6.38. The molecule has 0 aliphatic rings. The van der Waals surface area contributed by atoms with E-state index < -0.39 is 5.97 Å². The Morgan fingerprint density at radius 2 is 2.35 bits per heavy atom. The van der Waals surface area contributed by atoms with E-state index in [-0.39, 0.29) is 0 Å². The van der Waals surface area contributed by atoms with E-state index in [4.69, 9.17) is 5.11 Å². The Kier molecular flexibility index (Phi) is 4.82. The number of thiazole rings is 1. The summed E-state index contributed by atoms with van der Waals surface area (Å²) in [4.78, 5) is 15.6. The maximum atomic E-state index is 11.0. The number of nitrogens with zero attached hydrogens (tertiary/aromatic N) is 3. The summed E-state index contributed by atoms with van der Waals surface area (Å²) >= 11 is 2.75. The molecule has 0 radical (unpaired) electrons. The van der Waals surface area contributed by atoms with Crippen LogP contribution < -0.4 is 0 Å². The SMILES string of the molecule is CCC(C)n1ccc(CSc2nc(C)c(C(=O)O)s2)n1. The van der Waals surface area contributed by atoms with E-state index in [2.05, 4.69) is 23.9 Å². The molecule has 0 saturated heterocycles. The number of hydrogen-bond donors (Lipinski definition) is 1. The number of thioether (sulfide) groups is 1. The summed E-state index contributed by atoms with van der Waals surface area (Å²) < 4.78 is 2.74. The highest BCUT2D eigenvalue weighted by atomic mass is 32.2. The number of aryl methyl sites for hydroxylation is 1. The molecule has 1 atom stereocenters. The van der Waals surface area contributed by atoms with Gasteiger partial charge in [0, 0.05) is 18.0 Å². The molecule has 1 unspecified atom stereocenters. The molecule has 0 spiro atoms. The Morgan fingerprint density at radius 1 is 1.60 bits per heavy atom. The van der Waals surface area contributed by atoms with Gasteiger partial charge >= 0.3 is 5.97 Å². The first kappa shape index (κ1) is 15.1. The number of aromatic carboxylic acids is 1. The normalized spacial score (nSPS) is 12.6. The second kappa shape index (κ2) is 6.41. The number of hydrogen-bond acceptors (Lipinski definition) is 5. The van der Waals surface area contributed by atoms with Crippen molar-refractivity contribution in [1.82, 2.24) is 14.8 Å². The number of carboxylic acid groups (broad SMARTS) is 1. The maximum absolute atomic E-state index is 11.0. The van der Waals surface area contributed by atoms with Crippen LogP contribution in [0.4, 0.5) is 0 Å². The Morgan fingerprint density at radius 3 is 2.95 bits per heavy atom. The minimum atomic E-state index is -0.909. The van der Waals surface area contributed by atoms with Crippen LogP contribution in [0.15, 0.2) is 16.6 Å². The third-order valence-corrected chi connectivity index (χ3v) is 5.34. The molecule has 20 heavy (non-hydrogen) atoms. The second-order valence-corrected chi connectivity index (χ2v) is 6.75. The van der Waals surface area contributed by atoms with Crippen LogP contribution in [0.3, 0.4) is 0 Å². The number of rotatable bonds is 6. The molecule has 5 nitrogen and oxygen atoms in total. The van der Waals surface area contributed by atoms with Gasteiger partial charge in [0.25, 0.3) is 0 Å². The van der Waals surface area contributed by atoms with Crippen LogP contribution in [-0.2, 0) is 5.75 Å². The Labute approximate surface area is 126 Å². The predicted octanol–water partition coefficient (Wildman–Crippen LogP) is 3.61. The summed E-state index contributed by atoms with van der Waals surface area (Å²) in [6.45, 7) is 5.99. The molecule has 2 aromatic rings. The van der Waals surface area contributed by atoms with Crippen molar-refractivity contribution in [3.63, 3.8) is 0 Å². The minimum absolute atomic E-state index is 0.317. The van der Waals surface area contributed by atoms with Gasteiger partial charge in [0.05, 0.1) is 11.4 Å². The van der Waals surface area contributed by atoms with Gasteiger partial charge in [-0.2, -0.15) is 5.10 Å². The summed E-state index contributed by atoms with van der Waals surface area (Å²) in [5.41, 5.74) is 1.56. The molecule has 0 aromatic carbocycles. The highest BCUT2D eigenvalue weighted by Crippen LogP contribution is 2.29. The third-order valence-electron chi connectivity index (χ3n) is 3.02. The monoisotopic (exact) mass is 311 g/mol. The lowest BCUT2D eigenvalue weighted by molar-refractivity contribution is 0.0701. The molecule has 1 N–H and O–H groups in total. The molecule has 7 heteroatoms. The third kappa shape index (κ3) is 3.40. The molecule has 2 heterocycles. The van der Waals surface area contributed by atoms with Gasteiger partial charge in [-0.3, -0.25) is 4.68 Å². The average molecular weight is 311 g/mol. The zero-order chi connectivity index (χ0) is 14.7. The van der Waals surface area contributed by atoms with Gasteiger partial charge in [-0.05, 0) is 26.3 Å². The van der Waals surface area contributed by atoms with Crippen molar-refractivity contribution >= 4 is 29.1 Å². The molecular weight excluding hydrogens is 294 g/mol. The summed E-state index contributed by atoms with van der Waals surface area (Å²) in [6, 6.07) is 2.40. The highest BCUT2D eigenvalue weighted by molar-refractivity contribution is 8.00. The summed E-state index contributed by atoms with van der Waals surface area (Å²) in [5.74, 6) is -0.206. The second-order valence-electron chi connectivity index (χ2n) is 4.53. The van der Waals surface area contributed by atoms with Crippen molar-refractivity contribution in [3.05, 3.63) is 28.5 Å². The first-order chi connectivity index (χ1) is 9.51. The van der Waals surface area contributed by atoms with E-state index >= 15 is 0 Å². The largest absolute Gasteiger partial charge is 0.477 e. The Bertz CT molecular complexity index is 607. The summed E-state index contributed by atoms with van der Waals surface area (Å²) in [5, 5.41) is 13.5. The van der Waals surface area contributed by atoms with Crippen LogP contribution in [-0.4, -0.2) is 25.8 Å². The van der Waals surface area contributed by atoms with E-state index in [1.54, 1.807) is 6.92 Å². The van der Waals surface area contributed by atoms with Gasteiger partial charge in [-0.25, -0.2) is 9.78 Å². The summed E-state index contributed by atoms with van der Waals surface area (Å²) in [7, 11) is 0. The van der Waals surface area contributed by atoms with Crippen molar-refractivity contribution in [2.75, 3.05) is 0 Å². The lowest BCUT2D eigenvalue weighted by Gasteiger charge is -2.07. The smallest absolute Gasteiger partial charge is 0.347 e. The van der Waals surface area contributed by atoms with E-state index in [1.807, 2.05) is 16.9 Å². The lowest BCUT2D eigenvalue weighted by atomic mass is 10.3. The van der Waals surface area contributed by atoms with Gasteiger partial charge in [-0.1, -0.05) is 18.7 Å². The maximum Gasteiger partial charge on any atom is 0.347 e. The molecular formula is C13H17N3O2S2. The zero-order valence-corrected chi connectivity index (χ0v) is 13.3. The fourth-order valence-electron chi connectivity index (χ4n) is 1.65. The van der Waals surface area contributed by atoms with Crippen LogP contribution >= 0.6 is 23.1 Å². The fourth-order valence-corrected chi connectivity index (χ4v) is 3.58. The molecule has 0 saturated carbocycles. The van der Waals surface area contributed by atoms with E-state index in [0.29, 0.717) is 22.4 Å². The standard InChI is InChI=1S/C13H17N3O2S2/c1-4-8(2)16-6-5-10(15-16)7-19-13-14-9(3)11(20-13)12(17)18/h5-6,8H,4,7H2,1-3H3,(H,17,18). The molecule has 0 amide bonds. The number of aromatic nitrogens is 3.